The Kier molecular flexibility index (Phi) is 3.56. The van der Waals surface area contributed by atoms with E-state index < -0.39 is 0 Å². The maximum atomic E-state index is 5.58. The van der Waals surface area contributed by atoms with Crippen LogP contribution in [0.5, 0.6) is 0 Å². The number of aryl methyl sites for hydroxylation is 1. The maximum absolute atomic E-state index is 5.58. The van der Waals surface area contributed by atoms with Crippen LogP contribution in [0.3, 0.4) is 0 Å². The summed E-state index contributed by atoms with van der Waals surface area (Å²) in [6.07, 6.45) is 1.10. The molecule has 5 heteroatoms. The van der Waals surface area contributed by atoms with Gasteiger partial charge in [0.1, 0.15) is 0 Å². The Morgan fingerprint density at radius 1 is 1.44 bits per heavy atom. The second-order valence-electron chi connectivity index (χ2n) is 4.38. The van der Waals surface area contributed by atoms with Gasteiger partial charge in [0.2, 0.25) is 5.89 Å². The molecule has 2 unspecified atom stereocenters. The number of aromatic nitrogens is 2. The molecule has 0 saturated carbocycles. The van der Waals surface area contributed by atoms with Crippen LogP contribution < -0.4 is 0 Å². The molecule has 0 radical (unpaired) electrons. The Hall–Kier alpha value is -0.940. The summed E-state index contributed by atoms with van der Waals surface area (Å²) in [5.74, 6) is 1.49. The minimum absolute atomic E-state index is 0.282. The fraction of sp³-hybridized carbons (Fsp3) is 0.818. The van der Waals surface area contributed by atoms with E-state index in [1.807, 2.05) is 6.92 Å². The molecule has 2 heterocycles. The van der Waals surface area contributed by atoms with Gasteiger partial charge < -0.3 is 9.26 Å². The highest BCUT2D eigenvalue weighted by Gasteiger charge is 2.24. The predicted octanol–water partition coefficient (Wildman–Crippen LogP) is 1.24. The Morgan fingerprint density at radius 2 is 2.25 bits per heavy atom. The second kappa shape index (κ2) is 4.93. The van der Waals surface area contributed by atoms with Gasteiger partial charge in [0.25, 0.3) is 0 Å². The Labute approximate surface area is 95.8 Å². The van der Waals surface area contributed by atoms with Crippen molar-refractivity contribution >= 4 is 0 Å². The average Bonchev–Trinajstić information content (AvgIpc) is 2.71. The second-order valence-corrected chi connectivity index (χ2v) is 4.38. The van der Waals surface area contributed by atoms with Crippen molar-refractivity contribution in [2.24, 2.45) is 0 Å². The summed E-state index contributed by atoms with van der Waals surface area (Å²) in [7, 11) is 0. The molecular weight excluding hydrogens is 206 g/mol. The summed E-state index contributed by atoms with van der Waals surface area (Å²) < 4.78 is 10.8. The molecule has 1 aliphatic rings. The molecule has 2 rings (SSSR count). The van der Waals surface area contributed by atoms with Crippen LogP contribution in [0.25, 0.3) is 0 Å². The van der Waals surface area contributed by atoms with Crippen LogP contribution in [0, 0.1) is 0 Å². The molecule has 1 aromatic heterocycles. The van der Waals surface area contributed by atoms with Gasteiger partial charge in [-0.3, -0.25) is 4.90 Å². The zero-order valence-corrected chi connectivity index (χ0v) is 10.1. The minimum Gasteiger partial charge on any atom is -0.376 e. The molecule has 1 saturated heterocycles. The molecule has 2 atom stereocenters. The number of morpholine rings is 1. The lowest BCUT2D eigenvalue weighted by atomic mass is 10.2. The lowest BCUT2D eigenvalue weighted by Crippen LogP contribution is -2.46. The normalized spacial score (nSPS) is 27.2. The predicted molar refractivity (Wildman–Crippen MR) is 59.0 cm³/mol. The fourth-order valence-corrected chi connectivity index (χ4v) is 1.86. The van der Waals surface area contributed by atoms with E-state index in [-0.39, 0.29) is 6.10 Å². The van der Waals surface area contributed by atoms with Gasteiger partial charge in [-0.1, -0.05) is 12.1 Å². The topological polar surface area (TPSA) is 51.4 Å². The summed E-state index contributed by atoms with van der Waals surface area (Å²) in [6.45, 7) is 8.68. The van der Waals surface area contributed by atoms with Crippen molar-refractivity contribution in [3.05, 3.63) is 11.7 Å². The van der Waals surface area contributed by atoms with E-state index in [1.54, 1.807) is 0 Å². The number of ether oxygens (including phenoxy) is 1. The summed E-state index contributed by atoms with van der Waals surface area (Å²) in [5.41, 5.74) is 0. The number of hydrogen-bond acceptors (Lipinski definition) is 5. The van der Waals surface area contributed by atoms with E-state index in [1.165, 1.54) is 0 Å². The molecule has 0 aliphatic carbocycles. The molecule has 0 spiro atoms. The SMILES string of the molecule is CCc1noc(CN2CC(C)OCC2C)n1. The maximum Gasteiger partial charge on any atom is 0.240 e. The largest absolute Gasteiger partial charge is 0.376 e. The van der Waals surface area contributed by atoms with Crippen LogP contribution >= 0.6 is 0 Å². The summed E-state index contributed by atoms with van der Waals surface area (Å²) in [4.78, 5) is 6.64. The molecule has 0 bridgehead atoms. The lowest BCUT2D eigenvalue weighted by molar-refractivity contribution is -0.0555. The molecular formula is C11H19N3O2. The van der Waals surface area contributed by atoms with Gasteiger partial charge in [-0.25, -0.2) is 0 Å². The van der Waals surface area contributed by atoms with Crippen LogP contribution in [-0.2, 0) is 17.7 Å². The van der Waals surface area contributed by atoms with Crippen molar-refractivity contribution in [1.82, 2.24) is 15.0 Å². The van der Waals surface area contributed by atoms with Crippen molar-refractivity contribution in [2.75, 3.05) is 13.2 Å². The van der Waals surface area contributed by atoms with Gasteiger partial charge in [-0.05, 0) is 13.8 Å². The Morgan fingerprint density at radius 3 is 2.94 bits per heavy atom. The third-order valence-corrected chi connectivity index (χ3v) is 2.90. The molecule has 16 heavy (non-hydrogen) atoms. The highest BCUT2D eigenvalue weighted by Crippen LogP contribution is 2.14. The summed E-state index contributed by atoms with van der Waals surface area (Å²) >= 11 is 0. The first-order valence-electron chi connectivity index (χ1n) is 5.86. The first-order valence-corrected chi connectivity index (χ1v) is 5.86. The van der Waals surface area contributed by atoms with Crippen LogP contribution in [-0.4, -0.2) is 40.3 Å². The number of hydrogen-bond donors (Lipinski definition) is 0. The first kappa shape index (κ1) is 11.5. The van der Waals surface area contributed by atoms with E-state index >= 15 is 0 Å². The van der Waals surface area contributed by atoms with Crippen molar-refractivity contribution in [3.63, 3.8) is 0 Å². The highest BCUT2D eigenvalue weighted by molar-refractivity contribution is 4.87. The third-order valence-electron chi connectivity index (χ3n) is 2.90. The van der Waals surface area contributed by atoms with E-state index in [4.69, 9.17) is 9.26 Å². The standard InChI is InChI=1S/C11H19N3O2/c1-4-10-12-11(16-13-10)6-14-5-9(3)15-7-8(14)2/h8-9H,4-7H2,1-3H3. The van der Waals surface area contributed by atoms with Crippen LogP contribution in [0.4, 0.5) is 0 Å². The van der Waals surface area contributed by atoms with Gasteiger partial charge in [0, 0.05) is 19.0 Å². The van der Waals surface area contributed by atoms with E-state index in [0.29, 0.717) is 11.9 Å². The smallest absolute Gasteiger partial charge is 0.240 e. The van der Waals surface area contributed by atoms with E-state index in [0.717, 1.165) is 31.9 Å². The molecule has 1 aliphatic heterocycles. The zero-order valence-electron chi connectivity index (χ0n) is 10.1. The zero-order chi connectivity index (χ0) is 11.5. The molecule has 90 valence electrons. The van der Waals surface area contributed by atoms with Crippen molar-refractivity contribution in [2.45, 2.75) is 45.9 Å². The summed E-state index contributed by atoms with van der Waals surface area (Å²) in [6, 6.07) is 0.410. The van der Waals surface area contributed by atoms with Crippen molar-refractivity contribution < 1.29 is 9.26 Å². The Bertz CT molecular complexity index is 340. The molecule has 0 aromatic carbocycles. The quantitative estimate of drug-likeness (QED) is 0.774. The minimum atomic E-state index is 0.282. The van der Waals surface area contributed by atoms with Gasteiger partial charge in [-0.2, -0.15) is 4.98 Å². The number of nitrogens with zero attached hydrogens (tertiary/aromatic N) is 3. The average molecular weight is 225 g/mol. The molecule has 1 fully saturated rings. The number of rotatable bonds is 3. The van der Waals surface area contributed by atoms with Crippen molar-refractivity contribution in [1.29, 1.82) is 0 Å². The highest BCUT2D eigenvalue weighted by atomic mass is 16.5. The van der Waals surface area contributed by atoms with E-state index in [2.05, 4.69) is 28.9 Å². The monoisotopic (exact) mass is 225 g/mol. The summed E-state index contributed by atoms with van der Waals surface area (Å²) in [5, 5.41) is 3.90. The van der Waals surface area contributed by atoms with Crippen LogP contribution in [0.1, 0.15) is 32.5 Å². The fourth-order valence-electron chi connectivity index (χ4n) is 1.86. The van der Waals surface area contributed by atoms with Crippen molar-refractivity contribution in [3.8, 4) is 0 Å². The third kappa shape index (κ3) is 2.59. The molecule has 1 aromatic rings. The molecule has 0 N–H and O–H groups in total. The van der Waals surface area contributed by atoms with Crippen LogP contribution in [0.15, 0.2) is 4.52 Å². The molecule has 0 amide bonds. The van der Waals surface area contributed by atoms with E-state index in [9.17, 15) is 0 Å². The molecule has 5 nitrogen and oxygen atoms in total. The van der Waals surface area contributed by atoms with Gasteiger partial charge in [0.15, 0.2) is 5.82 Å². The van der Waals surface area contributed by atoms with Gasteiger partial charge in [0.05, 0.1) is 19.3 Å². The van der Waals surface area contributed by atoms with Crippen LogP contribution in [0.2, 0.25) is 0 Å². The Balaban J connectivity index is 1.97. The first-order chi connectivity index (χ1) is 7.69. The van der Waals surface area contributed by atoms with Gasteiger partial charge >= 0.3 is 0 Å². The van der Waals surface area contributed by atoms with Gasteiger partial charge in [-0.15, -0.1) is 0 Å². The lowest BCUT2D eigenvalue weighted by Gasteiger charge is -2.35.